The minimum absolute atomic E-state index is 0.616. The highest BCUT2D eigenvalue weighted by atomic mass is 15.1. The van der Waals surface area contributed by atoms with E-state index in [0.29, 0.717) is 11.7 Å². The van der Waals surface area contributed by atoms with Crippen molar-refractivity contribution in [2.75, 3.05) is 19.8 Å². The van der Waals surface area contributed by atoms with Crippen molar-refractivity contribution in [2.45, 2.75) is 37.6 Å². The van der Waals surface area contributed by atoms with Crippen molar-refractivity contribution in [1.82, 2.24) is 9.88 Å². The van der Waals surface area contributed by atoms with Gasteiger partial charge >= 0.3 is 0 Å². The zero-order valence-corrected chi connectivity index (χ0v) is 10.2. The number of hydrogen-bond acceptors (Lipinski definition) is 3. The molecule has 3 heteroatoms. The van der Waals surface area contributed by atoms with Crippen molar-refractivity contribution in [3.63, 3.8) is 0 Å². The normalized spacial score (nSPS) is 25.9. The zero-order valence-electron chi connectivity index (χ0n) is 10.2. The lowest BCUT2D eigenvalue weighted by atomic mass is 9.82. The van der Waals surface area contributed by atoms with E-state index in [0.717, 1.165) is 6.04 Å². The minimum Gasteiger partial charge on any atom is -0.384 e. The number of rotatable bonds is 2. The van der Waals surface area contributed by atoms with E-state index in [1.54, 1.807) is 0 Å². The van der Waals surface area contributed by atoms with Gasteiger partial charge in [-0.05, 0) is 57.3 Å². The first-order valence-corrected chi connectivity index (χ1v) is 6.04. The van der Waals surface area contributed by atoms with E-state index in [4.69, 9.17) is 5.73 Å². The molecule has 1 aliphatic rings. The first-order valence-electron chi connectivity index (χ1n) is 6.04. The average Bonchev–Trinajstić information content (AvgIpc) is 2.30. The quantitative estimate of drug-likeness (QED) is 0.829. The predicted molar refractivity (Wildman–Crippen MR) is 67.3 cm³/mol. The lowest BCUT2D eigenvalue weighted by molar-refractivity contribution is 0.216. The van der Waals surface area contributed by atoms with Crippen LogP contribution in [0.4, 0.5) is 5.82 Å². The maximum absolute atomic E-state index is 5.60. The highest BCUT2D eigenvalue weighted by Crippen LogP contribution is 2.33. The van der Waals surface area contributed by atoms with Crippen LogP contribution in [0, 0.1) is 0 Å². The fourth-order valence-electron chi connectivity index (χ4n) is 2.58. The van der Waals surface area contributed by atoms with Gasteiger partial charge < -0.3 is 10.6 Å². The van der Waals surface area contributed by atoms with Crippen LogP contribution in [0.3, 0.4) is 0 Å². The molecule has 0 spiro atoms. The molecule has 1 heterocycles. The molecule has 0 amide bonds. The highest BCUT2D eigenvalue weighted by molar-refractivity contribution is 5.30. The topological polar surface area (TPSA) is 42.1 Å². The summed E-state index contributed by atoms with van der Waals surface area (Å²) in [6.45, 7) is 0. The van der Waals surface area contributed by atoms with Gasteiger partial charge in [0.2, 0.25) is 0 Å². The average molecular weight is 219 g/mol. The number of aromatic nitrogens is 1. The second kappa shape index (κ2) is 4.83. The molecule has 2 rings (SSSR count). The molecule has 0 saturated heterocycles. The second-order valence-electron chi connectivity index (χ2n) is 4.99. The standard InChI is InChI=1S/C13H21N3/c1-16(2)12-6-3-10(4-7-12)11-5-8-13(14)15-9-11/h5,8-10,12H,3-4,6-7H2,1-2H3,(H2,14,15). The Labute approximate surface area is 97.7 Å². The first kappa shape index (κ1) is 11.4. The Kier molecular flexibility index (Phi) is 3.44. The van der Waals surface area contributed by atoms with Gasteiger partial charge in [-0.15, -0.1) is 0 Å². The smallest absolute Gasteiger partial charge is 0.123 e. The molecule has 1 aromatic heterocycles. The van der Waals surface area contributed by atoms with E-state index in [1.807, 2.05) is 12.3 Å². The molecular formula is C13H21N3. The summed E-state index contributed by atoms with van der Waals surface area (Å²) in [5.41, 5.74) is 6.95. The van der Waals surface area contributed by atoms with Gasteiger partial charge in [-0.1, -0.05) is 6.07 Å². The van der Waals surface area contributed by atoms with Crippen LogP contribution < -0.4 is 5.73 Å². The molecule has 1 aliphatic carbocycles. The summed E-state index contributed by atoms with van der Waals surface area (Å²) in [6, 6.07) is 4.80. The Morgan fingerprint density at radius 3 is 2.38 bits per heavy atom. The molecule has 0 radical (unpaired) electrons. The van der Waals surface area contributed by atoms with Gasteiger partial charge in [-0.25, -0.2) is 4.98 Å². The maximum atomic E-state index is 5.60. The molecule has 16 heavy (non-hydrogen) atoms. The Hall–Kier alpha value is -1.09. The third kappa shape index (κ3) is 2.53. The fraction of sp³-hybridized carbons (Fsp3) is 0.615. The SMILES string of the molecule is CN(C)C1CCC(c2ccc(N)nc2)CC1. The van der Waals surface area contributed by atoms with Crippen molar-refractivity contribution in [3.05, 3.63) is 23.9 Å². The molecule has 0 atom stereocenters. The van der Waals surface area contributed by atoms with Crippen LogP contribution in [0.1, 0.15) is 37.2 Å². The number of nitrogens with zero attached hydrogens (tertiary/aromatic N) is 2. The summed E-state index contributed by atoms with van der Waals surface area (Å²) in [5.74, 6) is 1.30. The lowest BCUT2D eigenvalue weighted by Crippen LogP contribution is -2.31. The third-order valence-electron chi connectivity index (χ3n) is 3.71. The van der Waals surface area contributed by atoms with E-state index in [2.05, 4.69) is 30.0 Å². The molecule has 0 aliphatic heterocycles. The van der Waals surface area contributed by atoms with Gasteiger partial charge in [-0.2, -0.15) is 0 Å². The molecule has 88 valence electrons. The van der Waals surface area contributed by atoms with Crippen LogP contribution in [0.5, 0.6) is 0 Å². The fourth-order valence-corrected chi connectivity index (χ4v) is 2.58. The Morgan fingerprint density at radius 2 is 1.88 bits per heavy atom. The minimum atomic E-state index is 0.616. The number of pyridine rings is 1. The Morgan fingerprint density at radius 1 is 1.19 bits per heavy atom. The maximum Gasteiger partial charge on any atom is 0.123 e. The van der Waals surface area contributed by atoms with Crippen LogP contribution in [-0.4, -0.2) is 30.0 Å². The van der Waals surface area contributed by atoms with Crippen molar-refractivity contribution in [2.24, 2.45) is 0 Å². The summed E-state index contributed by atoms with van der Waals surface area (Å²) in [4.78, 5) is 6.52. The van der Waals surface area contributed by atoms with Crippen LogP contribution in [0.15, 0.2) is 18.3 Å². The molecule has 1 aromatic rings. The molecule has 1 fully saturated rings. The van der Waals surface area contributed by atoms with Crippen LogP contribution in [0.25, 0.3) is 0 Å². The second-order valence-corrected chi connectivity index (χ2v) is 4.99. The third-order valence-corrected chi connectivity index (χ3v) is 3.71. The lowest BCUT2D eigenvalue weighted by Gasteiger charge is -2.32. The predicted octanol–water partition coefficient (Wildman–Crippen LogP) is 2.25. The number of nitrogens with two attached hydrogens (primary N) is 1. The molecule has 0 unspecified atom stereocenters. The zero-order chi connectivity index (χ0) is 11.5. The monoisotopic (exact) mass is 219 g/mol. The molecule has 1 saturated carbocycles. The molecule has 0 aromatic carbocycles. The van der Waals surface area contributed by atoms with E-state index >= 15 is 0 Å². The van der Waals surface area contributed by atoms with Gasteiger partial charge in [0.15, 0.2) is 0 Å². The number of anilines is 1. The van der Waals surface area contributed by atoms with E-state index in [9.17, 15) is 0 Å². The van der Waals surface area contributed by atoms with Crippen LogP contribution in [0.2, 0.25) is 0 Å². The summed E-state index contributed by atoms with van der Waals surface area (Å²) in [6.07, 6.45) is 7.07. The Bertz CT molecular complexity index is 324. The summed E-state index contributed by atoms with van der Waals surface area (Å²) < 4.78 is 0. The van der Waals surface area contributed by atoms with E-state index in [-0.39, 0.29) is 0 Å². The van der Waals surface area contributed by atoms with Crippen LogP contribution in [-0.2, 0) is 0 Å². The molecule has 3 nitrogen and oxygen atoms in total. The van der Waals surface area contributed by atoms with Gasteiger partial charge in [0.05, 0.1) is 0 Å². The van der Waals surface area contributed by atoms with E-state index < -0.39 is 0 Å². The number of hydrogen-bond donors (Lipinski definition) is 1. The number of nitrogen functional groups attached to an aromatic ring is 1. The van der Waals surface area contributed by atoms with Gasteiger partial charge in [-0.3, -0.25) is 0 Å². The molecule has 0 bridgehead atoms. The van der Waals surface area contributed by atoms with Crippen molar-refractivity contribution >= 4 is 5.82 Å². The largest absolute Gasteiger partial charge is 0.384 e. The summed E-state index contributed by atoms with van der Waals surface area (Å²) >= 11 is 0. The summed E-state index contributed by atoms with van der Waals surface area (Å²) in [7, 11) is 4.35. The highest BCUT2D eigenvalue weighted by Gasteiger charge is 2.23. The Balaban J connectivity index is 1.96. The summed E-state index contributed by atoms with van der Waals surface area (Å²) in [5, 5.41) is 0. The van der Waals surface area contributed by atoms with E-state index in [1.165, 1.54) is 31.2 Å². The van der Waals surface area contributed by atoms with Crippen LogP contribution >= 0.6 is 0 Å². The van der Waals surface area contributed by atoms with Gasteiger partial charge in [0, 0.05) is 12.2 Å². The molecular weight excluding hydrogens is 198 g/mol. The van der Waals surface area contributed by atoms with Crippen molar-refractivity contribution in [3.8, 4) is 0 Å². The van der Waals surface area contributed by atoms with Gasteiger partial charge in [0.25, 0.3) is 0 Å². The first-order chi connectivity index (χ1) is 7.66. The van der Waals surface area contributed by atoms with Crippen molar-refractivity contribution < 1.29 is 0 Å². The molecule has 2 N–H and O–H groups in total. The van der Waals surface area contributed by atoms with Gasteiger partial charge in [0.1, 0.15) is 5.82 Å². The van der Waals surface area contributed by atoms with Crippen molar-refractivity contribution in [1.29, 1.82) is 0 Å².